The van der Waals surface area contributed by atoms with Crippen LogP contribution in [0.2, 0.25) is 0 Å². The SMILES string of the molecule is CC#CCNC1(CN)CCCC(C)C1C. The summed E-state index contributed by atoms with van der Waals surface area (Å²) in [6.45, 7) is 8.03. The lowest BCUT2D eigenvalue weighted by molar-refractivity contribution is 0.116. The topological polar surface area (TPSA) is 38.0 Å². The molecule has 0 aromatic carbocycles. The van der Waals surface area contributed by atoms with Gasteiger partial charge in [-0.25, -0.2) is 0 Å². The summed E-state index contributed by atoms with van der Waals surface area (Å²) in [6.07, 6.45) is 3.82. The lowest BCUT2D eigenvalue weighted by Crippen LogP contribution is -2.59. The zero-order chi connectivity index (χ0) is 11.3. The second kappa shape index (κ2) is 5.53. The molecule has 15 heavy (non-hydrogen) atoms. The molecule has 0 radical (unpaired) electrons. The fraction of sp³-hybridized carbons (Fsp3) is 0.846. The molecule has 0 aromatic heterocycles. The van der Waals surface area contributed by atoms with E-state index in [1.807, 2.05) is 6.92 Å². The fourth-order valence-electron chi connectivity index (χ4n) is 2.68. The van der Waals surface area contributed by atoms with E-state index in [1.165, 1.54) is 19.3 Å². The first-order valence-electron chi connectivity index (χ1n) is 6.01. The summed E-state index contributed by atoms with van der Waals surface area (Å²) in [4.78, 5) is 0. The average molecular weight is 208 g/mol. The Morgan fingerprint density at radius 3 is 2.80 bits per heavy atom. The van der Waals surface area contributed by atoms with Gasteiger partial charge in [-0.05, 0) is 25.2 Å². The highest BCUT2D eigenvalue weighted by Gasteiger charge is 2.39. The van der Waals surface area contributed by atoms with Crippen molar-refractivity contribution in [1.82, 2.24) is 5.32 Å². The molecule has 1 aliphatic rings. The Labute approximate surface area is 94.0 Å². The third kappa shape index (κ3) is 2.74. The first kappa shape index (κ1) is 12.5. The van der Waals surface area contributed by atoms with Gasteiger partial charge in [-0.15, -0.1) is 5.92 Å². The number of nitrogens with one attached hydrogen (secondary N) is 1. The summed E-state index contributed by atoms with van der Waals surface area (Å²) >= 11 is 0. The van der Waals surface area contributed by atoms with Crippen molar-refractivity contribution in [1.29, 1.82) is 0 Å². The third-order valence-electron chi connectivity index (χ3n) is 4.08. The lowest BCUT2D eigenvalue weighted by Gasteiger charge is -2.45. The Bertz CT molecular complexity index is 251. The second-order valence-corrected chi connectivity index (χ2v) is 4.80. The van der Waals surface area contributed by atoms with E-state index in [0.717, 1.165) is 19.0 Å². The molecule has 0 saturated heterocycles. The molecule has 0 spiro atoms. The highest BCUT2D eigenvalue weighted by atomic mass is 15.0. The van der Waals surface area contributed by atoms with Crippen molar-refractivity contribution in [2.24, 2.45) is 17.6 Å². The number of nitrogens with two attached hydrogens (primary N) is 1. The minimum Gasteiger partial charge on any atom is -0.329 e. The Morgan fingerprint density at radius 1 is 1.47 bits per heavy atom. The molecule has 1 aliphatic carbocycles. The van der Waals surface area contributed by atoms with Crippen LogP contribution in [0.15, 0.2) is 0 Å². The van der Waals surface area contributed by atoms with Gasteiger partial charge in [-0.3, -0.25) is 5.32 Å². The fourth-order valence-corrected chi connectivity index (χ4v) is 2.68. The quantitative estimate of drug-likeness (QED) is 0.694. The van der Waals surface area contributed by atoms with Crippen LogP contribution in [-0.4, -0.2) is 18.6 Å². The molecule has 1 fully saturated rings. The van der Waals surface area contributed by atoms with Crippen molar-refractivity contribution in [3.8, 4) is 11.8 Å². The molecule has 3 N–H and O–H groups in total. The molecule has 2 heteroatoms. The first-order valence-corrected chi connectivity index (χ1v) is 6.01. The molecule has 0 bridgehead atoms. The van der Waals surface area contributed by atoms with E-state index >= 15 is 0 Å². The molecule has 0 heterocycles. The molecule has 0 aliphatic heterocycles. The first-order chi connectivity index (χ1) is 7.16. The van der Waals surface area contributed by atoms with E-state index in [9.17, 15) is 0 Å². The molecule has 1 rings (SSSR count). The standard InChI is InChI=1S/C13H24N2/c1-4-5-9-15-13(10-14)8-6-7-11(2)12(13)3/h11-12,15H,6-10,14H2,1-3H3. The van der Waals surface area contributed by atoms with Gasteiger partial charge in [0.25, 0.3) is 0 Å². The third-order valence-corrected chi connectivity index (χ3v) is 4.08. The smallest absolute Gasteiger partial charge is 0.0581 e. The zero-order valence-corrected chi connectivity index (χ0v) is 10.3. The minimum atomic E-state index is 0.127. The van der Waals surface area contributed by atoms with E-state index in [0.29, 0.717) is 5.92 Å². The maximum absolute atomic E-state index is 5.96. The molecular formula is C13H24N2. The second-order valence-electron chi connectivity index (χ2n) is 4.80. The van der Waals surface area contributed by atoms with Crippen LogP contribution in [0.4, 0.5) is 0 Å². The summed E-state index contributed by atoms with van der Waals surface area (Å²) in [5, 5.41) is 3.57. The van der Waals surface area contributed by atoms with Crippen LogP contribution in [-0.2, 0) is 0 Å². The van der Waals surface area contributed by atoms with Crippen LogP contribution >= 0.6 is 0 Å². The van der Waals surface area contributed by atoms with E-state index < -0.39 is 0 Å². The number of hydrogen-bond acceptors (Lipinski definition) is 2. The minimum absolute atomic E-state index is 0.127. The van der Waals surface area contributed by atoms with Crippen LogP contribution in [0.25, 0.3) is 0 Å². The van der Waals surface area contributed by atoms with Crippen LogP contribution in [0.5, 0.6) is 0 Å². The van der Waals surface area contributed by atoms with Gasteiger partial charge in [0.15, 0.2) is 0 Å². The predicted octanol–water partition coefficient (Wildman–Crippen LogP) is 1.75. The number of rotatable bonds is 3. The van der Waals surface area contributed by atoms with Gasteiger partial charge in [0.2, 0.25) is 0 Å². The summed E-state index contributed by atoms with van der Waals surface area (Å²) in [5.41, 5.74) is 6.09. The van der Waals surface area contributed by atoms with Crippen LogP contribution in [0.1, 0.15) is 40.0 Å². The molecule has 3 unspecified atom stereocenters. The van der Waals surface area contributed by atoms with Gasteiger partial charge >= 0.3 is 0 Å². The summed E-state index contributed by atoms with van der Waals surface area (Å²) in [5.74, 6) is 7.41. The molecule has 86 valence electrons. The van der Waals surface area contributed by atoms with Crippen molar-refractivity contribution in [2.75, 3.05) is 13.1 Å². The normalized spacial score (nSPS) is 35.7. The highest BCUT2D eigenvalue weighted by Crippen LogP contribution is 2.36. The average Bonchev–Trinajstić information content (AvgIpc) is 2.25. The van der Waals surface area contributed by atoms with E-state index in [2.05, 4.69) is 31.0 Å². The van der Waals surface area contributed by atoms with Gasteiger partial charge in [0.1, 0.15) is 0 Å². The lowest BCUT2D eigenvalue weighted by atomic mass is 9.68. The Hall–Kier alpha value is -0.520. The van der Waals surface area contributed by atoms with Gasteiger partial charge in [0, 0.05) is 12.1 Å². The molecule has 2 nitrogen and oxygen atoms in total. The summed E-state index contributed by atoms with van der Waals surface area (Å²) in [7, 11) is 0. The van der Waals surface area contributed by atoms with Gasteiger partial charge in [-0.1, -0.05) is 32.6 Å². The molecule has 1 saturated carbocycles. The highest BCUT2D eigenvalue weighted by molar-refractivity contribution is 5.04. The Kier molecular flexibility index (Phi) is 4.63. The van der Waals surface area contributed by atoms with Crippen LogP contribution < -0.4 is 11.1 Å². The molecule has 3 atom stereocenters. The van der Waals surface area contributed by atoms with Gasteiger partial charge in [-0.2, -0.15) is 0 Å². The summed E-state index contributed by atoms with van der Waals surface area (Å²) in [6, 6.07) is 0. The van der Waals surface area contributed by atoms with E-state index in [-0.39, 0.29) is 5.54 Å². The van der Waals surface area contributed by atoms with Crippen molar-refractivity contribution in [3.05, 3.63) is 0 Å². The Morgan fingerprint density at radius 2 is 2.20 bits per heavy atom. The number of hydrogen-bond donors (Lipinski definition) is 2. The predicted molar refractivity (Wildman–Crippen MR) is 65.4 cm³/mol. The molecular weight excluding hydrogens is 184 g/mol. The van der Waals surface area contributed by atoms with Gasteiger partial charge < -0.3 is 5.73 Å². The van der Waals surface area contributed by atoms with E-state index in [4.69, 9.17) is 5.73 Å². The summed E-state index contributed by atoms with van der Waals surface area (Å²) < 4.78 is 0. The van der Waals surface area contributed by atoms with Crippen molar-refractivity contribution in [3.63, 3.8) is 0 Å². The van der Waals surface area contributed by atoms with Crippen molar-refractivity contribution >= 4 is 0 Å². The van der Waals surface area contributed by atoms with E-state index in [1.54, 1.807) is 0 Å². The zero-order valence-electron chi connectivity index (χ0n) is 10.3. The van der Waals surface area contributed by atoms with Gasteiger partial charge in [0.05, 0.1) is 6.54 Å². The van der Waals surface area contributed by atoms with Crippen LogP contribution in [0, 0.1) is 23.7 Å². The largest absolute Gasteiger partial charge is 0.329 e. The maximum Gasteiger partial charge on any atom is 0.0581 e. The van der Waals surface area contributed by atoms with Crippen molar-refractivity contribution in [2.45, 2.75) is 45.6 Å². The Balaban J connectivity index is 2.66. The molecule has 0 amide bonds. The monoisotopic (exact) mass is 208 g/mol. The maximum atomic E-state index is 5.96. The van der Waals surface area contributed by atoms with Crippen molar-refractivity contribution < 1.29 is 0 Å². The molecule has 0 aromatic rings. The van der Waals surface area contributed by atoms with Crippen LogP contribution in [0.3, 0.4) is 0 Å².